The zero-order valence-corrected chi connectivity index (χ0v) is 9.90. The molecule has 0 unspecified atom stereocenters. The lowest BCUT2D eigenvalue weighted by molar-refractivity contribution is 0.415. The Balaban J connectivity index is 2.48. The Hall–Kier alpha value is -1.77. The standard InChI is InChI=1S/C13H16N2O/c1-4-10-9-15(2)14-13(10)11-6-5-7-12(8-11)16-3/h5-9H,4H2,1-3H3. The van der Waals surface area contributed by atoms with E-state index in [4.69, 9.17) is 4.74 Å². The van der Waals surface area contributed by atoms with Gasteiger partial charge in [-0.05, 0) is 24.1 Å². The van der Waals surface area contributed by atoms with Gasteiger partial charge in [-0.25, -0.2) is 0 Å². The molecule has 1 aromatic heterocycles. The Morgan fingerprint density at radius 3 is 2.88 bits per heavy atom. The Kier molecular flexibility index (Phi) is 2.95. The maximum absolute atomic E-state index is 5.22. The van der Waals surface area contributed by atoms with Crippen molar-refractivity contribution in [3.05, 3.63) is 36.0 Å². The monoisotopic (exact) mass is 216 g/mol. The molecule has 0 saturated heterocycles. The highest BCUT2D eigenvalue weighted by Gasteiger charge is 2.08. The van der Waals surface area contributed by atoms with Gasteiger partial charge in [0.2, 0.25) is 0 Å². The van der Waals surface area contributed by atoms with Gasteiger partial charge in [0.1, 0.15) is 5.75 Å². The van der Waals surface area contributed by atoms with Gasteiger partial charge in [-0.1, -0.05) is 19.1 Å². The Morgan fingerprint density at radius 1 is 1.38 bits per heavy atom. The fourth-order valence-electron chi connectivity index (χ4n) is 1.81. The third-order valence-electron chi connectivity index (χ3n) is 2.63. The normalized spacial score (nSPS) is 10.4. The number of hydrogen-bond donors (Lipinski definition) is 0. The first kappa shape index (κ1) is 10.7. The summed E-state index contributed by atoms with van der Waals surface area (Å²) in [6, 6.07) is 8.01. The van der Waals surface area contributed by atoms with Crippen LogP contribution in [0.3, 0.4) is 0 Å². The van der Waals surface area contributed by atoms with Crippen LogP contribution in [0.1, 0.15) is 12.5 Å². The number of rotatable bonds is 3. The Bertz CT molecular complexity index is 488. The third-order valence-corrected chi connectivity index (χ3v) is 2.63. The van der Waals surface area contributed by atoms with Crippen LogP contribution in [-0.2, 0) is 13.5 Å². The van der Waals surface area contributed by atoms with E-state index in [1.54, 1.807) is 7.11 Å². The molecule has 0 aliphatic rings. The van der Waals surface area contributed by atoms with E-state index < -0.39 is 0 Å². The predicted octanol–water partition coefficient (Wildman–Crippen LogP) is 2.66. The first-order valence-corrected chi connectivity index (χ1v) is 5.41. The molecular weight excluding hydrogens is 200 g/mol. The van der Waals surface area contributed by atoms with Gasteiger partial charge in [-0.3, -0.25) is 4.68 Å². The zero-order chi connectivity index (χ0) is 11.5. The highest BCUT2D eigenvalue weighted by molar-refractivity contribution is 5.64. The topological polar surface area (TPSA) is 27.1 Å². The van der Waals surface area contributed by atoms with Crippen LogP contribution in [0.15, 0.2) is 30.5 Å². The molecule has 0 aliphatic carbocycles. The molecule has 84 valence electrons. The average Bonchev–Trinajstić information content (AvgIpc) is 2.70. The lowest BCUT2D eigenvalue weighted by atomic mass is 10.1. The van der Waals surface area contributed by atoms with Gasteiger partial charge in [0.15, 0.2) is 0 Å². The Morgan fingerprint density at radius 2 is 2.19 bits per heavy atom. The van der Waals surface area contributed by atoms with Crippen LogP contribution in [0.5, 0.6) is 5.75 Å². The number of benzene rings is 1. The highest BCUT2D eigenvalue weighted by Crippen LogP contribution is 2.25. The van der Waals surface area contributed by atoms with E-state index in [1.807, 2.05) is 29.9 Å². The second-order valence-corrected chi connectivity index (χ2v) is 3.76. The van der Waals surface area contributed by atoms with Crippen molar-refractivity contribution >= 4 is 0 Å². The first-order chi connectivity index (χ1) is 7.74. The highest BCUT2D eigenvalue weighted by atomic mass is 16.5. The molecule has 0 amide bonds. The summed E-state index contributed by atoms with van der Waals surface area (Å²) in [5.41, 5.74) is 3.41. The fraction of sp³-hybridized carbons (Fsp3) is 0.308. The number of aromatic nitrogens is 2. The zero-order valence-electron chi connectivity index (χ0n) is 9.90. The van der Waals surface area contributed by atoms with Crippen molar-refractivity contribution in [1.82, 2.24) is 9.78 Å². The van der Waals surface area contributed by atoms with Crippen LogP contribution >= 0.6 is 0 Å². The molecule has 2 rings (SSSR count). The van der Waals surface area contributed by atoms with E-state index in [2.05, 4.69) is 24.3 Å². The van der Waals surface area contributed by atoms with E-state index in [1.165, 1.54) is 5.56 Å². The quantitative estimate of drug-likeness (QED) is 0.788. The van der Waals surface area contributed by atoms with Gasteiger partial charge in [0.05, 0.1) is 12.8 Å². The van der Waals surface area contributed by atoms with E-state index in [9.17, 15) is 0 Å². The molecular formula is C13H16N2O. The molecule has 0 bridgehead atoms. The van der Waals surface area contributed by atoms with E-state index in [0.29, 0.717) is 0 Å². The van der Waals surface area contributed by atoms with Crippen LogP contribution in [0, 0.1) is 0 Å². The second kappa shape index (κ2) is 4.39. The fourth-order valence-corrected chi connectivity index (χ4v) is 1.81. The summed E-state index contributed by atoms with van der Waals surface area (Å²) in [4.78, 5) is 0. The Labute approximate surface area is 95.7 Å². The van der Waals surface area contributed by atoms with Crippen molar-refractivity contribution in [2.75, 3.05) is 7.11 Å². The second-order valence-electron chi connectivity index (χ2n) is 3.76. The van der Waals surface area contributed by atoms with Gasteiger partial charge < -0.3 is 4.74 Å². The predicted molar refractivity (Wildman–Crippen MR) is 64.6 cm³/mol. The summed E-state index contributed by atoms with van der Waals surface area (Å²) in [5, 5.41) is 4.49. The van der Waals surface area contributed by atoms with Crippen molar-refractivity contribution in [1.29, 1.82) is 0 Å². The molecule has 16 heavy (non-hydrogen) atoms. The molecule has 0 spiro atoms. The summed E-state index contributed by atoms with van der Waals surface area (Å²) >= 11 is 0. The third kappa shape index (κ3) is 1.94. The molecule has 1 aromatic carbocycles. The smallest absolute Gasteiger partial charge is 0.119 e. The SMILES string of the molecule is CCc1cn(C)nc1-c1cccc(OC)c1. The van der Waals surface area contributed by atoms with Gasteiger partial charge in [0.25, 0.3) is 0 Å². The summed E-state index contributed by atoms with van der Waals surface area (Å²) in [6.07, 6.45) is 3.05. The maximum Gasteiger partial charge on any atom is 0.119 e. The van der Waals surface area contributed by atoms with E-state index in [-0.39, 0.29) is 0 Å². The van der Waals surface area contributed by atoms with Crippen LogP contribution in [0.4, 0.5) is 0 Å². The number of hydrogen-bond acceptors (Lipinski definition) is 2. The summed E-state index contributed by atoms with van der Waals surface area (Å²) < 4.78 is 7.08. The number of ether oxygens (including phenoxy) is 1. The molecule has 0 N–H and O–H groups in total. The minimum absolute atomic E-state index is 0.866. The van der Waals surface area contributed by atoms with Gasteiger partial charge >= 0.3 is 0 Å². The lowest BCUT2D eigenvalue weighted by Gasteiger charge is -2.03. The van der Waals surface area contributed by atoms with Crippen molar-refractivity contribution < 1.29 is 4.74 Å². The van der Waals surface area contributed by atoms with Gasteiger partial charge in [-0.2, -0.15) is 5.10 Å². The molecule has 0 radical (unpaired) electrons. The van der Waals surface area contributed by atoms with Crippen LogP contribution in [-0.4, -0.2) is 16.9 Å². The molecule has 0 atom stereocenters. The largest absolute Gasteiger partial charge is 0.497 e. The summed E-state index contributed by atoms with van der Waals surface area (Å²) in [7, 11) is 3.63. The van der Waals surface area contributed by atoms with Gasteiger partial charge in [0, 0.05) is 18.8 Å². The van der Waals surface area contributed by atoms with E-state index in [0.717, 1.165) is 23.4 Å². The number of aryl methyl sites for hydroxylation is 2. The first-order valence-electron chi connectivity index (χ1n) is 5.41. The molecule has 3 heteroatoms. The molecule has 0 fully saturated rings. The minimum atomic E-state index is 0.866. The van der Waals surface area contributed by atoms with Crippen LogP contribution in [0.25, 0.3) is 11.3 Å². The lowest BCUT2D eigenvalue weighted by Crippen LogP contribution is -1.89. The minimum Gasteiger partial charge on any atom is -0.497 e. The summed E-state index contributed by atoms with van der Waals surface area (Å²) in [5.74, 6) is 0.866. The molecule has 3 nitrogen and oxygen atoms in total. The molecule has 0 aliphatic heterocycles. The van der Waals surface area contributed by atoms with Crippen LogP contribution in [0.2, 0.25) is 0 Å². The molecule has 0 saturated carbocycles. The molecule has 2 aromatic rings. The average molecular weight is 216 g/mol. The van der Waals surface area contributed by atoms with Crippen molar-refractivity contribution in [3.63, 3.8) is 0 Å². The number of nitrogens with zero attached hydrogens (tertiary/aromatic N) is 2. The number of methoxy groups -OCH3 is 1. The van der Waals surface area contributed by atoms with Crippen molar-refractivity contribution in [3.8, 4) is 17.0 Å². The van der Waals surface area contributed by atoms with Crippen molar-refractivity contribution in [2.24, 2.45) is 7.05 Å². The van der Waals surface area contributed by atoms with Crippen molar-refractivity contribution in [2.45, 2.75) is 13.3 Å². The summed E-state index contributed by atoms with van der Waals surface area (Å²) in [6.45, 7) is 2.14. The molecule has 1 heterocycles. The van der Waals surface area contributed by atoms with Gasteiger partial charge in [-0.15, -0.1) is 0 Å². The van der Waals surface area contributed by atoms with Crippen LogP contribution < -0.4 is 4.74 Å². The van der Waals surface area contributed by atoms with E-state index >= 15 is 0 Å². The maximum atomic E-state index is 5.22.